The fraction of sp³-hybridized carbons (Fsp3) is 0.462. The number of H-pyrrole nitrogens is 1. The molecule has 0 spiro atoms. The van der Waals surface area contributed by atoms with Crippen molar-refractivity contribution in [2.45, 2.75) is 25.7 Å². The van der Waals surface area contributed by atoms with Gasteiger partial charge in [0.15, 0.2) is 0 Å². The number of fused-ring (bicyclic) bond motifs is 1. The summed E-state index contributed by atoms with van der Waals surface area (Å²) in [4.78, 5) is 8.10. The Morgan fingerprint density at radius 2 is 2.31 bits per heavy atom. The van der Waals surface area contributed by atoms with Gasteiger partial charge >= 0.3 is 0 Å². The lowest BCUT2D eigenvalue weighted by atomic mass is 9.99. The van der Waals surface area contributed by atoms with Crippen molar-refractivity contribution in [2.24, 2.45) is 0 Å². The van der Waals surface area contributed by atoms with Crippen molar-refractivity contribution in [3.05, 3.63) is 29.6 Å². The van der Waals surface area contributed by atoms with Gasteiger partial charge in [-0.3, -0.25) is 0 Å². The van der Waals surface area contributed by atoms with Crippen molar-refractivity contribution in [1.29, 1.82) is 0 Å². The molecule has 3 rings (SSSR count). The number of imidazole rings is 1. The van der Waals surface area contributed by atoms with Gasteiger partial charge in [0, 0.05) is 19.0 Å². The van der Waals surface area contributed by atoms with E-state index in [0.29, 0.717) is 5.92 Å². The molecule has 3 nitrogen and oxygen atoms in total. The summed E-state index contributed by atoms with van der Waals surface area (Å²) in [6.07, 6.45) is 2.41. The Morgan fingerprint density at radius 3 is 3.12 bits per heavy atom. The summed E-state index contributed by atoms with van der Waals surface area (Å²) in [6, 6.07) is 6.37. The van der Waals surface area contributed by atoms with E-state index >= 15 is 0 Å². The second kappa shape index (κ2) is 3.91. The standard InChI is InChI=1S/C13H16N3/c1-9-4-5-11-12(7-9)16-13(15-11)10-3-2-6-14-8-10/h4-5,7,10H,2-3,6,8H2,1H3,(H,15,16)/t10-/m0/s1. The number of rotatable bonds is 1. The molecule has 1 N–H and O–H groups in total. The molecule has 0 bridgehead atoms. The number of aromatic nitrogens is 2. The maximum absolute atomic E-state index is 4.68. The molecule has 2 aromatic rings. The van der Waals surface area contributed by atoms with Gasteiger partial charge in [-0.2, -0.15) is 0 Å². The first-order valence-electron chi connectivity index (χ1n) is 5.92. The molecule has 83 valence electrons. The van der Waals surface area contributed by atoms with Gasteiger partial charge in [-0.15, -0.1) is 0 Å². The molecule has 1 aliphatic heterocycles. The van der Waals surface area contributed by atoms with Crippen LogP contribution in [0.15, 0.2) is 18.2 Å². The number of hydrogen-bond donors (Lipinski definition) is 1. The lowest BCUT2D eigenvalue weighted by molar-refractivity contribution is 0.442. The minimum Gasteiger partial charge on any atom is -0.342 e. The fourth-order valence-corrected chi connectivity index (χ4v) is 2.34. The quantitative estimate of drug-likeness (QED) is 0.778. The molecule has 1 aromatic heterocycles. The molecule has 0 amide bonds. The number of hydrogen-bond acceptors (Lipinski definition) is 1. The monoisotopic (exact) mass is 214 g/mol. The minimum atomic E-state index is 0.501. The third kappa shape index (κ3) is 1.71. The first-order valence-corrected chi connectivity index (χ1v) is 5.92. The average Bonchev–Trinajstić information content (AvgIpc) is 2.73. The van der Waals surface area contributed by atoms with Gasteiger partial charge in [0.25, 0.3) is 0 Å². The van der Waals surface area contributed by atoms with E-state index in [2.05, 4.69) is 40.4 Å². The van der Waals surface area contributed by atoms with Crippen LogP contribution in [-0.2, 0) is 0 Å². The largest absolute Gasteiger partial charge is 0.342 e. The van der Waals surface area contributed by atoms with Crippen LogP contribution in [-0.4, -0.2) is 23.1 Å². The molecule has 2 heterocycles. The van der Waals surface area contributed by atoms with E-state index in [9.17, 15) is 0 Å². The molecule has 3 heteroatoms. The lowest BCUT2D eigenvalue weighted by Crippen LogP contribution is -2.23. The van der Waals surface area contributed by atoms with Gasteiger partial charge in [-0.1, -0.05) is 6.07 Å². The number of nitrogens with zero attached hydrogens (tertiary/aromatic N) is 2. The summed E-state index contributed by atoms with van der Waals surface area (Å²) < 4.78 is 0. The zero-order chi connectivity index (χ0) is 11.0. The Balaban J connectivity index is 1.97. The molecular weight excluding hydrogens is 198 g/mol. The number of aromatic amines is 1. The molecule has 0 unspecified atom stereocenters. The van der Waals surface area contributed by atoms with Gasteiger partial charge in [-0.25, -0.2) is 10.3 Å². The molecule has 1 aliphatic rings. The number of aryl methyl sites for hydroxylation is 1. The van der Waals surface area contributed by atoms with Gasteiger partial charge in [0.1, 0.15) is 5.82 Å². The molecular formula is C13H16N3. The normalized spacial score (nSPS) is 21.4. The highest BCUT2D eigenvalue weighted by atomic mass is 15.0. The second-order valence-corrected chi connectivity index (χ2v) is 4.61. The topological polar surface area (TPSA) is 42.8 Å². The summed E-state index contributed by atoms with van der Waals surface area (Å²) in [5.74, 6) is 1.62. The lowest BCUT2D eigenvalue weighted by Gasteiger charge is -2.18. The Morgan fingerprint density at radius 1 is 1.38 bits per heavy atom. The molecule has 1 saturated heterocycles. The van der Waals surface area contributed by atoms with E-state index in [1.54, 1.807) is 0 Å². The van der Waals surface area contributed by atoms with E-state index in [4.69, 9.17) is 0 Å². The van der Waals surface area contributed by atoms with Crippen molar-refractivity contribution in [3.8, 4) is 0 Å². The van der Waals surface area contributed by atoms with Gasteiger partial charge < -0.3 is 4.98 Å². The second-order valence-electron chi connectivity index (χ2n) is 4.61. The number of benzene rings is 1. The van der Waals surface area contributed by atoms with Crippen molar-refractivity contribution in [2.75, 3.05) is 13.1 Å². The van der Waals surface area contributed by atoms with Crippen molar-refractivity contribution < 1.29 is 0 Å². The zero-order valence-electron chi connectivity index (χ0n) is 9.53. The van der Waals surface area contributed by atoms with Crippen LogP contribution in [0.1, 0.15) is 30.1 Å². The van der Waals surface area contributed by atoms with Crippen LogP contribution in [0.2, 0.25) is 0 Å². The van der Waals surface area contributed by atoms with Crippen LogP contribution in [0.3, 0.4) is 0 Å². The van der Waals surface area contributed by atoms with E-state index in [1.165, 1.54) is 18.4 Å². The average molecular weight is 214 g/mol. The van der Waals surface area contributed by atoms with E-state index in [-0.39, 0.29) is 0 Å². The Hall–Kier alpha value is -1.35. The van der Waals surface area contributed by atoms with Crippen LogP contribution >= 0.6 is 0 Å². The van der Waals surface area contributed by atoms with Crippen LogP contribution in [0.25, 0.3) is 11.0 Å². The summed E-state index contributed by atoms with van der Waals surface area (Å²) in [6.45, 7) is 4.05. The van der Waals surface area contributed by atoms with Crippen molar-refractivity contribution in [3.63, 3.8) is 0 Å². The molecule has 0 saturated carbocycles. The van der Waals surface area contributed by atoms with Crippen LogP contribution in [0.4, 0.5) is 0 Å². The SMILES string of the molecule is Cc1ccc2[nH]c([C@H]3CCC[N]C3)nc2c1. The number of nitrogens with one attached hydrogen (secondary N) is 1. The summed E-state index contributed by atoms with van der Waals surface area (Å²) in [7, 11) is 0. The third-order valence-corrected chi connectivity index (χ3v) is 3.26. The van der Waals surface area contributed by atoms with Crippen LogP contribution < -0.4 is 5.32 Å². The first kappa shape index (κ1) is 9.85. The maximum atomic E-state index is 4.68. The van der Waals surface area contributed by atoms with Gasteiger partial charge in [-0.05, 0) is 37.5 Å². The smallest absolute Gasteiger partial charge is 0.111 e. The summed E-state index contributed by atoms with van der Waals surface area (Å²) in [5, 5.41) is 4.46. The van der Waals surface area contributed by atoms with Gasteiger partial charge in [0.05, 0.1) is 11.0 Å². The highest BCUT2D eigenvalue weighted by Crippen LogP contribution is 2.24. The van der Waals surface area contributed by atoms with Gasteiger partial charge in [0.2, 0.25) is 0 Å². The number of piperidine rings is 1. The third-order valence-electron chi connectivity index (χ3n) is 3.26. The predicted molar refractivity (Wildman–Crippen MR) is 64.7 cm³/mol. The summed E-state index contributed by atoms with van der Waals surface area (Å²) >= 11 is 0. The molecule has 1 aromatic carbocycles. The highest BCUT2D eigenvalue weighted by molar-refractivity contribution is 5.75. The zero-order valence-corrected chi connectivity index (χ0v) is 9.53. The van der Waals surface area contributed by atoms with E-state index in [1.807, 2.05) is 0 Å². The Labute approximate surface area is 95.3 Å². The minimum absolute atomic E-state index is 0.501. The van der Waals surface area contributed by atoms with Crippen LogP contribution in [0.5, 0.6) is 0 Å². The Kier molecular flexibility index (Phi) is 2.40. The predicted octanol–water partition coefficient (Wildman–Crippen LogP) is 2.35. The van der Waals surface area contributed by atoms with Crippen molar-refractivity contribution >= 4 is 11.0 Å². The van der Waals surface area contributed by atoms with Crippen molar-refractivity contribution in [1.82, 2.24) is 15.3 Å². The van der Waals surface area contributed by atoms with E-state index in [0.717, 1.165) is 29.9 Å². The molecule has 0 aliphatic carbocycles. The molecule has 1 fully saturated rings. The first-order chi connectivity index (χ1) is 7.83. The molecule has 16 heavy (non-hydrogen) atoms. The summed E-state index contributed by atoms with van der Waals surface area (Å²) in [5.41, 5.74) is 3.49. The highest BCUT2D eigenvalue weighted by Gasteiger charge is 2.19. The fourth-order valence-electron chi connectivity index (χ4n) is 2.34. The maximum Gasteiger partial charge on any atom is 0.111 e. The Bertz CT molecular complexity index is 495. The van der Waals surface area contributed by atoms with Crippen LogP contribution in [0, 0.1) is 6.92 Å². The molecule has 1 atom stereocenters. The molecule has 1 radical (unpaired) electrons. The van der Waals surface area contributed by atoms with E-state index < -0.39 is 0 Å².